The summed E-state index contributed by atoms with van der Waals surface area (Å²) in [5.41, 5.74) is -2.76. The first-order valence-corrected chi connectivity index (χ1v) is 8.16. The van der Waals surface area contributed by atoms with Crippen molar-refractivity contribution in [2.75, 3.05) is 10.6 Å². The van der Waals surface area contributed by atoms with Crippen LogP contribution in [-0.4, -0.2) is 4.98 Å². The number of benzene rings is 2. The van der Waals surface area contributed by atoms with Crippen LogP contribution in [0.1, 0.15) is 5.56 Å². The van der Waals surface area contributed by atoms with E-state index < -0.39 is 34.2 Å². The predicted molar refractivity (Wildman–Crippen MR) is 97.6 cm³/mol. The molecule has 148 valence electrons. The van der Waals surface area contributed by atoms with Gasteiger partial charge < -0.3 is 15.6 Å². The Bertz CT molecular complexity index is 1320. The molecule has 0 bridgehead atoms. The van der Waals surface area contributed by atoms with E-state index in [0.717, 1.165) is 30.3 Å². The van der Waals surface area contributed by atoms with Crippen molar-refractivity contribution in [3.8, 4) is 0 Å². The molecule has 0 atom stereocenters. The molecule has 1 heterocycles. The van der Waals surface area contributed by atoms with Crippen molar-refractivity contribution in [2.45, 2.75) is 6.18 Å². The van der Waals surface area contributed by atoms with Gasteiger partial charge in [0.1, 0.15) is 11.4 Å². The number of fused-ring (bicyclic) bond motifs is 1. The number of H-pyrrole nitrogens is 1. The van der Waals surface area contributed by atoms with Gasteiger partial charge in [-0.2, -0.15) is 13.2 Å². The fourth-order valence-electron chi connectivity index (χ4n) is 2.90. The van der Waals surface area contributed by atoms with Gasteiger partial charge >= 0.3 is 6.18 Å². The highest BCUT2D eigenvalue weighted by Gasteiger charge is 2.31. The van der Waals surface area contributed by atoms with Crippen molar-refractivity contribution in [2.24, 2.45) is 0 Å². The van der Waals surface area contributed by atoms with E-state index in [-0.39, 0.29) is 33.7 Å². The molecule has 4 rings (SSSR count). The van der Waals surface area contributed by atoms with Gasteiger partial charge in [-0.15, -0.1) is 0 Å². The monoisotopic (exact) mass is 407 g/mol. The molecule has 0 saturated heterocycles. The van der Waals surface area contributed by atoms with Crippen molar-refractivity contribution >= 4 is 33.7 Å². The molecule has 0 amide bonds. The molecule has 0 aliphatic rings. The van der Waals surface area contributed by atoms with Gasteiger partial charge in [-0.3, -0.25) is 9.59 Å². The van der Waals surface area contributed by atoms with Gasteiger partial charge in [0.05, 0.1) is 16.8 Å². The van der Waals surface area contributed by atoms with Crippen LogP contribution in [0.5, 0.6) is 0 Å². The average Bonchev–Trinajstić information content (AvgIpc) is 3.05. The number of halogens is 5. The molecule has 5 nitrogen and oxygen atoms in total. The lowest BCUT2D eigenvalue weighted by molar-refractivity contribution is -0.137. The fourth-order valence-corrected chi connectivity index (χ4v) is 2.90. The van der Waals surface area contributed by atoms with Crippen molar-refractivity contribution < 1.29 is 22.0 Å². The van der Waals surface area contributed by atoms with Crippen LogP contribution >= 0.6 is 0 Å². The standard InChI is InChI=1S/C19H10F5N3O2/c20-11-5-10-13(6-12(11)21)25-7-14(10)27-16-15(17(28)18(16)29)26-9-3-1-2-8(4-9)19(22,23)24/h1-7,25-27H. The van der Waals surface area contributed by atoms with Gasteiger partial charge in [0.25, 0.3) is 10.9 Å². The number of aromatic amines is 1. The summed E-state index contributed by atoms with van der Waals surface area (Å²) in [7, 11) is 0. The minimum atomic E-state index is -4.57. The van der Waals surface area contributed by atoms with E-state index in [1.807, 2.05) is 0 Å². The topological polar surface area (TPSA) is 74.0 Å². The Labute approximate surface area is 158 Å². The molecule has 3 N–H and O–H groups in total. The molecule has 0 aliphatic carbocycles. The van der Waals surface area contributed by atoms with Crippen molar-refractivity contribution in [1.29, 1.82) is 0 Å². The highest BCUT2D eigenvalue weighted by atomic mass is 19.4. The van der Waals surface area contributed by atoms with E-state index in [1.165, 1.54) is 12.3 Å². The molecule has 0 radical (unpaired) electrons. The maximum absolute atomic E-state index is 13.5. The maximum atomic E-state index is 13.5. The molecule has 3 aromatic carbocycles. The molecule has 0 fully saturated rings. The minimum Gasteiger partial charge on any atom is -0.359 e. The van der Waals surface area contributed by atoms with Crippen LogP contribution in [0.15, 0.2) is 52.2 Å². The van der Waals surface area contributed by atoms with Crippen LogP contribution < -0.4 is 21.5 Å². The summed E-state index contributed by atoms with van der Waals surface area (Å²) in [6.45, 7) is 0. The van der Waals surface area contributed by atoms with E-state index in [4.69, 9.17) is 0 Å². The lowest BCUT2D eigenvalue weighted by Gasteiger charge is -2.15. The van der Waals surface area contributed by atoms with E-state index in [0.29, 0.717) is 0 Å². The van der Waals surface area contributed by atoms with Crippen molar-refractivity contribution in [1.82, 2.24) is 4.98 Å². The van der Waals surface area contributed by atoms with Gasteiger partial charge in [0.2, 0.25) is 0 Å². The molecule has 0 aliphatic heterocycles. The number of anilines is 4. The second-order valence-electron chi connectivity index (χ2n) is 6.25. The van der Waals surface area contributed by atoms with E-state index in [1.54, 1.807) is 0 Å². The summed E-state index contributed by atoms with van der Waals surface area (Å²) in [6, 6.07) is 5.96. The molecule has 0 unspecified atom stereocenters. The Morgan fingerprint density at radius 1 is 0.862 bits per heavy atom. The molecular weight excluding hydrogens is 397 g/mol. The Hall–Kier alpha value is -3.69. The predicted octanol–water partition coefficient (Wildman–Crippen LogP) is 4.55. The SMILES string of the molecule is O=c1c(Nc2cccc(C(F)(F)F)c2)c(Nc2c[nH]c3cc(F)c(F)cc23)c1=O. The Morgan fingerprint density at radius 3 is 2.21 bits per heavy atom. The first-order chi connectivity index (χ1) is 13.6. The highest BCUT2D eigenvalue weighted by molar-refractivity contribution is 5.96. The summed E-state index contributed by atoms with van der Waals surface area (Å²) in [6.07, 6.45) is -3.23. The van der Waals surface area contributed by atoms with Crippen LogP contribution in [0.4, 0.5) is 44.7 Å². The molecule has 0 spiro atoms. The number of hydrogen-bond donors (Lipinski definition) is 3. The lowest BCUT2D eigenvalue weighted by atomic mass is 10.1. The van der Waals surface area contributed by atoms with Gasteiger partial charge in [-0.1, -0.05) is 6.07 Å². The van der Waals surface area contributed by atoms with Crippen LogP contribution in [0.3, 0.4) is 0 Å². The number of rotatable bonds is 4. The smallest absolute Gasteiger partial charge is 0.359 e. The van der Waals surface area contributed by atoms with E-state index in [9.17, 15) is 31.5 Å². The van der Waals surface area contributed by atoms with Crippen LogP contribution in [0, 0.1) is 11.6 Å². The average molecular weight is 407 g/mol. The molecule has 4 aromatic rings. The zero-order valence-electron chi connectivity index (χ0n) is 14.2. The van der Waals surface area contributed by atoms with Gasteiger partial charge in [0.15, 0.2) is 11.6 Å². The molecule has 10 heteroatoms. The number of alkyl halides is 3. The molecule has 0 saturated carbocycles. The summed E-state index contributed by atoms with van der Waals surface area (Å²) < 4.78 is 65.4. The number of nitrogens with one attached hydrogen (secondary N) is 3. The van der Waals surface area contributed by atoms with Gasteiger partial charge in [0, 0.05) is 23.3 Å². The number of aromatic nitrogens is 1. The van der Waals surface area contributed by atoms with Crippen molar-refractivity contribution in [3.05, 3.63) is 80.2 Å². The number of hydrogen-bond acceptors (Lipinski definition) is 4. The Balaban J connectivity index is 1.67. The zero-order chi connectivity index (χ0) is 20.9. The van der Waals surface area contributed by atoms with E-state index in [2.05, 4.69) is 15.6 Å². The first-order valence-electron chi connectivity index (χ1n) is 8.16. The third-order valence-electron chi connectivity index (χ3n) is 4.35. The second-order valence-corrected chi connectivity index (χ2v) is 6.25. The summed E-state index contributed by atoms with van der Waals surface area (Å²) in [5.74, 6) is -2.17. The normalized spacial score (nSPS) is 11.9. The largest absolute Gasteiger partial charge is 0.416 e. The van der Waals surface area contributed by atoms with Gasteiger partial charge in [-0.05, 0) is 24.3 Å². The molecule has 29 heavy (non-hydrogen) atoms. The zero-order valence-corrected chi connectivity index (χ0v) is 14.2. The summed E-state index contributed by atoms with van der Waals surface area (Å²) in [4.78, 5) is 26.5. The summed E-state index contributed by atoms with van der Waals surface area (Å²) in [5, 5.41) is 5.38. The van der Waals surface area contributed by atoms with Crippen LogP contribution in [0.25, 0.3) is 10.9 Å². The minimum absolute atomic E-state index is 0.0398. The highest BCUT2D eigenvalue weighted by Crippen LogP contribution is 2.33. The quantitative estimate of drug-likeness (QED) is 0.343. The third kappa shape index (κ3) is 3.22. The second kappa shape index (κ2) is 6.43. The lowest BCUT2D eigenvalue weighted by Crippen LogP contribution is -2.35. The molecule has 1 aromatic heterocycles. The first kappa shape index (κ1) is 18.7. The van der Waals surface area contributed by atoms with Crippen molar-refractivity contribution in [3.63, 3.8) is 0 Å². The maximum Gasteiger partial charge on any atom is 0.416 e. The molecular formula is C19H10F5N3O2. The third-order valence-corrected chi connectivity index (χ3v) is 4.35. The van der Waals surface area contributed by atoms with Crippen LogP contribution in [-0.2, 0) is 6.18 Å². The van der Waals surface area contributed by atoms with Crippen LogP contribution in [0.2, 0.25) is 0 Å². The fraction of sp³-hybridized carbons (Fsp3) is 0.0526. The summed E-state index contributed by atoms with van der Waals surface area (Å²) >= 11 is 0. The van der Waals surface area contributed by atoms with Gasteiger partial charge in [-0.25, -0.2) is 8.78 Å². The Morgan fingerprint density at radius 2 is 1.52 bits per heavy atom. The van der Waals surface area contributed by atoms with E-state index >= 15 is 0 Å². The Kier molecular flexibility index (Phi) is 4.14.